The molecule has 160 valence electrons. The molecule has 4 N–H and O–H groups in total. The van der Waals surface area contributed by atoms with Crippen molar-refractivity contribution in [2.24, 2.45) is 0 Å². The zero-order valence-corrected chi connectivity index (χ0v) is 17.8. The molecule has 3 rings (SSSR count). The first-order valence-corrected chi connectivity index (χ1v) is 11.2. The van der Waals surface area contributed by atoms with E-state index in [1.54, 1.807) is 12.1 Å². The van der Waals surface area contributed by atoms with Gasteiger partial charge in [-0.25, -0.2) is 8.42 Å². The summed E-state index contributed by atoms with van der Waals surface area (Å²) in [4.78, 5) is 24.2. The highest BCUT2D eigenvalue weighted by atomic mass is 32.2. The topological polar surface area (TPSA) is 116 Å². The second-order valence-corrected chi connectivity index (χ2v) is 8.59. The van der Waals surface area contributed by atoms with E-state index in [1.807, 2.05) is 42.5 Å². The van der Waals surface area contributed by atoms with Crippen LogP contribution >= 0.6 is 0 Å². The van der Waals surface area contributed by atoms with Crippen LogP contribution in [0, 0.1) is 0 Å². The number of rotatable bonds is 7. The van der Waals surface area contributed by atoms with E-state index in [2.05, 4.69) is 20.7 Å². The molecular formula is C22H22N4O4S. The van der Waals surface area contributed by atoms with Crippen molar-refractivity contribution >= 4 is 50.3 Å². The summed E-state index contributed by atoms with van der Waals surface area (Å²) in [7, 11) is -3.60. The normalized spacial score (nSPS) is 10.8. The van der Waals surface area contributed by atoms with Gasteiger partial charge in [-0.1, -0.05) is 18.2 Å². The van der Waals surface area contributed by atoms with Crippen LogP contribution in [0.25, 0.3) is 0 Å². The van der Waals surface area contributed by atoms with Gasteiger partial charge in [0.25, 0.3) is 5.91 Å². The molecule has 8 nitrogen and oxygen atoms in total. The van der Waals surface area contributed by atoms with Gasteiger partial charge >= 0.3 is 0 Å². The Morgan fingerprint density at radius 2 is 1.32 bits per heavy atom. The fourth-order valence-corrected chi connectivity index (χ4v) is 3.40. The first-order chi connectivity index (χ1) is 14.7. The molecule has 0 atom stereocenters. The van der Waals surface area contributed by atoms with Crippen LogP contribution in [0.3, 0.4) is 0 Å². The molecule has 0 aromatic heterocycles. The number of carbonyl (C=O) groups is 2. The summed E-state index contributed by atoms with van der Waals surface area (Å²) in [5, 5.41) is 8.57. The second kappa shape index (κ2) is 9.31. The van der Waals surface area contributed by atoms with Crippen LogP contribution in [0.4, 0.5) is 28.4 Å². The molecule has 0 heterocycles. The van der Waals surface area contributed by atoms with E-state index >= 15 is 0 Å². The van der Waals surface area contributed by atoms with Gasteiger partial charge < -0.3 is 16.0 Å². The predicted octanol–water partition coefficient (Wildman–Crippen LogP) is 4.01. The molecule has 3 aromatic carbocycles. The maximum atomic E-state index is 12.9. The van der Waals surface area contributed by atoms with Gasteiger partial charge in [0.2, 0.25) is 15.9 Å². The van der Waals surface area contributed by atoms with E-state index in [9.17, 15) is 18.0 Å². The Balaban J connectivity index is 1.80. The monoisotopic (exact) mass is 438 g/mol. The summed E-state index contributed by atoms with van der Waals surface area (Å²) < 4.78 is 25.7. The predicted molar refractivity (Wildman–Crippen MR) is 123 cm³/mol. The summed E-state index contributed by atoms with van der Waals surface area (Å²) in [6.07, 6.45) is 0.995. The van der Waals surface area contributed by atoms with Crippen molar-refractivity contribution < 1.29 is 18.0 Å². The quantitative estimate of drug-likeness (QED) is 0.445. The fourth-order valence-electron chi connectivity index (χ4n) is 2.83. The SMILES string of the molecule is CC(=O)Nc1ccc(NS(C)(=O)=O)c(C(=O)Nc2ccc(Nc3ccccc3)cc2)c1. The Labute approximate surface area is 180 Å². The summed E-state index contributed by atoms with van der Waals surface area (Å²) in [5.74, 6) is -0.834. The van der Waals surface area contributed by atoms with Crippen molar-refractivity contribution in [1.29, 1.82) is 0 Å². The molecule has 9 heteroatoms. The Hall–Kier alpha value is -3.85. The van der Waals surface area contributed by atoms with Crippen LogP contribution in [-0.4, -0.2) is 26.5 Å². The summed E-state index contributed by atoms with van der Waals surface area (Å²) in [5.41, 5.74) is 2.86. The number of anilines is 5. The summed E-state index contributed by atoms with van der Waals surface area (Å²) in [6.45, 7) is 1.34. The lowest BCUT2D eigenvalue weighted by Gasteiger charge is -2.14. The molecule has 0 bridgehead atoms. The molecule has 0 saturated carbocycles. The minimum Gasteiger partial charge on any atom is -0.356 e. The molecule has 0 aliphatic heterocycles. The zero-order valence-electron chi connectivity index (χ0n) is 17.0. The van der Waals surface area contributed by atoms with Crippen molar-refractivity contribution in [3.63, 3.8) is 0 Å². The smallest absolute Gasteiger partial charge is 0.257 e. The van der Waals surface area contributed by atoms with E-state index < -0.39 is 15.9 Å². The highest BCUT2D eigenvalue weighted by molar-refractivity contribution is 7.92. The van der Waals surface area contributed by atoms with Crippen molar-refractivity contribution in [2.75, 3.05) is 26.9 Å². The van der Waals surface area contributed by atoms with Crippen molar-refractivity contribution in [1.82, 2.24) is 0 Å². The standard InChI is InChI=1S/C22H22N4O4S/c1-15(27)23-19-12-13-21(26-31(2,29)30)20(14-19)22(28)25-18-10-8-17(9-11-18)24-16-6-4-3-5-7-16/h3-14,24,26H,1-2H3,(H,23,27)(H,25,28). The molecule has 2 amide bonds. The third-order valence-electron chi connectivity index (χ3n) is 4.09. The molecular weight excluding hydrogens is 416 g/mol. The minimum absolute atomic E-state index is 0.0724. The Kier molecular flexibility index (Phi) is 6.56. The number of hydrogen-bond acceptors (Lipinski definition) is 5. The van der Waals surface area contributed by atoms with Crippen LogP contribution < -0.4 is 20.7 Å². The van der Waals surface area contributed by atoms with Gasteiger partial charge in [-0.3, -0.25) is 14.3 Å². The van der Waals surface area contributed by atoms with Gasteiger partial charge in [0, 0.05) is 29.7 Å². The first kappa shape index (κ1) is 21.8. The number of nitrogens with one attached hydrogen (secondary N) is 4. The van der Waals surface area contributed by atoms with E-state index in [0.717, 1.165) is 17.6 Å². The molecule has 0 fully saturated rings. The molecule has 31 heavy (non-hydrogen) atoms. The van der Waals surface area contributed by atoms with Gasteiger partial charge in [0.1, 0.15) is 0 Å². The van der Waals surface area contributed by atoms with Crippen LogP contribution in [0.2, 0.25) is 0 Å². The van der Waals surface area contributed by atoms with Gasteiger partial charge in [-0.05, 0) is 54.6 Å². The second-order valence-electron chi connectivity index (χ2n) is 6.84. The molecule has 0 unspecified atom stereocenters. The molecule has 0 saturated heterocycles. The first-order valence-electron chi connectivity index (χ1n) is 9.32. The number of sulfonamides is 1. The van der Waals surface area contributed by atoms with Crippen LogP contribution in [0.1, 0.15) is 17.3 Å². The van der Waals surface area contributed by atoms with Crippen LogP contribution in [0.5, 0.6) is 0 Å². The summed E-state index contributed by atoms with van der Waals surface area (Å²) >= 11 is 0. The number of para-hydroxylation sites is 1. The largest absolute Gasteiger partial charge is 0.356 e. The minimum atomic E-state index is -3.60. The maximum absolute atomic E-state index is 12.9. The number of carbonyl (C=O) groups excluding carboxylic acids is 2. The van der Waals surface area contributed by atoms with Crippen molar-refractivity contribution in [3.8, 4) is 0 Å². The van der Waals surface area contributed by atoms with Crippen LogP contribution in [0.15, 0.2) is 72.8 Å². The molecule has 0 aliphatic rings. The maximum Gasteiger partial charge on any atom is 0.257 e. The van der Waals surface area contributed by atoms with E-state index in [1.165, 1.54) is 25.1 Å². The summed E-state index contributed by atoms with van der Waals surface area (Å²) in [6, 6.07) is 21.1. The average Bonchev–Trinajstić information content (AvgIpc) is 2.70. The lowest BCUT2D eigenvalue weighted by atomic mass is 10.1. The molecule has 3 aromatic rings. The number of benzene rings is 3. The number of amides is 2. The van der Waals surface area contributed by atoms with E-state index in [4.69, 9.17) is 0 Å². The highest BCUT2D eigenvalue weighted by Crippen LogP contribution is 2.24. The Morgan fingerprint density at radius 3 is 1.94 bits per heavy atom. The fraction of sp³-hybridized carbons (Fsp3) is 0.0909. The highest BCUT2D eigenvalue weighted by Gasteiger charge is 2.16. The third kappa shape index (κ3) is 6.58. The van der Waals surface area contributed by atoms with Gasteiger partial charge in [-0.15, -0.1) is 0 Å². The molecule has 0 aliphatic carbocycles. The Bertz CT molecular complexity index is 1190. The van der Waals surface area contributed by atoms with E-state index in [-0.39, 0.29) is 17.2 Å². The lowest BCUT2D eigenvalue weighted by molar-refractivity contribution is -0.114. The number of hydrogen-bond donors (Lipinski definition) is 4. The van der Waals surface area contributed by atoms with Crippen LogP contribution in [-0.2, 0) is 14.8 Å². The van der Waals surface area contributed by atoms with Gasteiger partial charge in [0.05, 0.1) is 17.5 Å². The van der Waals surface area contributed by atoms with Crippen molar-refractivity contribution in [3.05, 3.63) is 78.4 Å². The van der Waals surface area contributed by atoms with E-state index in [0.29, 0.717) is 11.4 Å². The Morgan fingerprint density at radius 1 is 0.742 bits per heavy atom. The molecule has 0 spiro atoms. The van der Waals surface area contributed by atoms with Crippen molar-refractivity contribution in [2.45, 2.75) is 6.92 Å². The van der Waals surface area contributed by atoms with Gasteiger partial charge in [-0.2, -0.15) is 0 Å². The average molecular weight is 439 g/mol. The third-order valence-corrected chi connectivity index (χ3v) is 4.68. The zero-order chi connectivity index (χ0) is 22.4. The molecule has 0 radical (unpaired) electrons. The lowest BCUT2D eigenvalue weighted by Crippen LogP contribution is -2.18. The van der Waals surface area contributed by atoms with Gasteiger partial charge in [0.15, 0.2) is 0 Å².